The third kappa shape index (κ3) is 5.74. The molecule has 0 saturated heterocycles. The monoisotopic (exact) mass is 206 g/mol. The molecule has 0 aromatic heterocycles. The minimum atomic E-state index is -0.638. The van der Waals surface area contributed by atoms with Gasteiger partial charge in [-0.05, 0) is 6.92 Å². The van der Waals surface area contributed by atoms with Gasteiger partial charge in [0.25, 0.3) is 0 Å². The molecule has 14 heavy (non-hydrogen) atoms. The number of aliphatic hydroxyl groups is 3. The molecule has 1 atom stereocenters. The fourth-order valence-corrected chi connectivity index (χ4v) is 0.990. The van der Waals surface area contributed by atoms with Crippen LogP contribution in [0.1, 0.15) is 6.92 Å². The van der Waals surface area contributed by atoms with Crippen LogP contribution in [-0.2, 0) is 0 Å². The van der Waals surface area contributed by atoms with Gasteiger partial charge in [0, 0.05) is 19.6 Å². The maximum Gasteiger partial charge on any atom is 0.317 e. The molecule has 0 aliphatic rings. The Labute approximate surface area is 83.1 Å². The van der Waals surface area contributed by atoms with Crippen molar-refractivity contribution in [2.75, 3.05) is 32.8 Å². The molecule has 4 N–H and O–H groups in total. The van der Waals surface area contributed by atoms with Crippen LogP contribution in [0.5, 0.6) is 0 Å². The fraction of sp³-hybridized carbons (Fsp3) is 0.875. The second kappa shape index (κ2) is 7.54. The van der Waals surface area contributed by atoms with Gasteiger partial charge < -0.3 is 25.5 Å². The SMILES string of the molecule is CC(O)CN(CCO)C(=O)NCCO. The first-order valence-electron chi connectivity index (χ1n) is 4.54. The topological polar surface area (TPSA) is 93.0 Å². The molecule has 0 spiro atoms. The number of amides is 2. The van der Waals surface area contributed by atoms with E-state index in [9.17, 15) is 4.79 Å². The van der Waals surface area contributed by atoms with E-state index in [4.69, 9.17) is 15.3 Å². The first-order chi connectivity index (χ1) is 6.61. The minimum absolute atomic E-state index is 0.132. The van der Waals surface area contributed by atoms with Gasteiger partial charge in [0.1, 0.15) is 0 Å². The van der Waals surface area contributed by atoms with Crippen LogP contribution in [0, 0.1) is 0 Å². The van der Waals surface area contributed by atoms with Crippen LogP contribution in [0.15, 0.2) is 0 Å². The largest absolute Gasteiger partial charge is 0.395 e. The zero-order chi connectivity index (χ0) is 11.0. The first kappa shape index (κ1) is 13.2. The molecular formula is C8H18N2O4. The third-order valence-corrected chi connectivity index (χ3v) is 1.53. The lowest BCUT2D eigenvalue weighted by molar-refractivity contribution is 0.120. The highest BCUT2D eigenvalue weighted by Gasteiger charge is 2.13. The Kier molecular flexibility index (Phi) is 7.09. The number of aliphatic hydroxyl groups excluding tert-OH is 3. The molecule has 1 unspecified atom stereocenters. The Morgan fingerprint density at radius 1 is 1.43 bits per heavy atom. The molecule has 6 nitrogen and oxygen atoms in total. The zero-order valence-corrected chi connectivity index (χ0v) is 8.31. The van der Waals surface area contributed by atoms with Gasteiger partial charge in [-0.25, -0.2) is 4.79 Å². The number of hydrogen-bond acceptors (Lipinski definition) is 4. The molecule has 0 rings (SSSR count). The van der Waals surface area contributed by atoms with E-state index in [1.807, 2.05) is 0 Å². The Bertz CT molecular complexity index is 163. The van der Waals surface area contributed by atoms with Gasteiger partial charge >= 0.3 is 6.03 Å². The van der Waals surface area contributed by atoms with Crippen molar-refractivity contribution in [3.05, 3.63) is 0 Å². The van der Waals surface area contributed by atoms with Crippen molar-refractivity contribution in [3.8, 4) is 0 Å². The van der Waals surface area contributed by atoms with Gasteiger partial charge in [-0.15, -0.1) is 0 Å². The predicted molar refractivity (Wildman–Crippen MR) is 50.8 cm³/mol. The summed E-state index contributed by atoms with van der Waals surface area (Å²) in [5, 5.41) is 28.7. The smallest absolute Gasteiger partial charge is 0.317 e. The average Bonchev–Trinajstić information content (AvgIpc) is 2.13. The van der Waals surface area contributed by atoms with E-state index in [0.29, 0.717) is 0 Å². The van der Waals surface area contributed by atoms with Crippen LogP contribution in [0.3, 0.4) is 0 Å². The van der Waals surface area contributed by atoms with E-state index in [1.165, 1.54) is 4.90 Å². The van der Waals surface area contributed by atoms with Crippen molar-refractivity contribution in [1.82, 2.24) is 10.2 Å². The van der Waals surface area contributed by atoms with Crippen molar-refractivity contribution in [3.63, 3.8) is 0 Å². The number of carbonyl (C=O) groups excluding carboxylic acids is 1. The first-order valence-corrected chi connectivity index (χ1v) is 4.54. The normalized spacial score (nSPS) is 12.3. The maximum atomic E-state index is 11.3. The van der Waals surface area contributed by atoms with Gasteiger partial charge in [0.2, 0.25) is 0 Å². The molecule has 0 aliphatic heterocycles. The Balaban J connectivity index is 3.97. The van der Waals surface area contributed by atoms with Crippen LogP contribution in [0.2, 0.25) is 0 Å². The van der Waals surface area contributed by atoms with Gasteiger partial charge in [-0.2, -0.15) is 0 Å². The van der Waals surface area contributed by atoms with Crippen LogP contribution < -0.4 is 5.32 Å². The number of nitrogens with one attached hydrogen (secondary N) is 1. The van der Waals surface area contributed by atoms with Crippen molar-refractivity contribution in [2.45, 2.75) is 13.0 Å². The molecule has 0 bridgehead atoms. The summed E-state index contributed by atoms with van der Waals surface area (Å²) in [7, 11) is 0. The van der Waals surface area contributed by atoms with E-state index in [2.05, 4.69) is 5.32 Å². The number of nitrogens with zero attached hydrogens (tertiary/aromatic N) is 1. The van der Waals surface area contributed by atoms with E-state index in [-0.39, 0.29) is 32.8 Å². The van der Waals surface area contributed by atoms with E-state index in [0.717, 1.165) is 0 Å². The van der Waals surface area contributed by atoms with Crippen molar-refractivity contribution in [2.24, 2.45) is 0 Å². The maximum absolute atomic E-state index is 11.3. The molecule has 84 valence electrons. The van der Waals surface area contributed by atoms with Crippen LogP contribution in [-0.4, -0.2) is 65.2 Å². The fourth-order valence-electron chi connectivity index (χ4n) is 0.990. The number of hydrogen-bond donors (Lipinski definition) is 4. The summed E-state index contributed by atoms with van der Waals surface area (Å²) in [6.45, 7) is 1.77. The third-order valence-electron chi connectivity index (χ3n) is 1.53. The van der Waals surface area contributed by atoms with Gasteiger partial charge in [-0.3, -0.25) is 0 Å². The van der Waals surface area contributed by atoms with Crippen LogP contribution >= 0.6 is 0 Å². The Morgan fingerprint density at radius 2 is 2.07 bits per heavy atom. The molecular weight excluding hydrogens is 188 g/mol. The summed E-state index contributed by atoms with van der Waals surface area (Å²) in [6.07, 6.45) is -0.638. The average molecular weight is 206 g/mol. The lowest BCUT2D eigenvalue weighted by Crippen LogP contribution is -2.45. The summed E-state index contributed by atoms with van der Waals surface area (Å²) in [5.74, 6) is 0. The summed E-state index contributed by atoms with van der Waals surface area (Å²) in [6, 6.07) is -0.394. The molecule has 6 heteroatoms. The second-order valence-electron chi connectivity index (χ2n) is 2.97. The lowest BCUT2D eigenvalue weighted by atomic mass is 10.3. The second-order valence-corrected chi connectivity index (χ2v) is 2.97. The highest BCUT2D eigenvalue weighted by molar-refractivity contribution is 5.74. The van der Waals surface area contributed by atoms with Crippen molar-refractivity contribution in [1.29, 1.82) is 0 Å². The molecule has 2 amide bonds. The standard InChI is InChI=1S/C8H18N2O4/c1-7(13)6-10(3-5-12)8(14)9-2-4-11/h7,11-13H,2-6H2,1H3,(H,9,14). The van der Waals surface area contributed by atoms with Gasteiger partial charge in [0.05, 0.1) is 19.3 Å². The summed E-state index contributed by atoms with van der Waals surface area (Å²) < 4.78 is 0. The van der Waals surface area contributed by atoms with Crippen LogP contribution in [0.4, 0.5) is 4.79 Å². The number of urea groups is 1. The Hall–Kier alpha value is -0.850. The van der Waals surface area contributed by atoms with Crippen LogP contribution in [0.25, 0.3) is 0 Å². The number of rotatable bonds is 6. The van der Waals surface area contributed by atoms with E-state index < -0.39 is 12.1 Å². The van der Waals surface area contributed by atoms with E-state index >= 15 is 0 Å². The molecule has 0 heterocycles. The van der Waals surface area contributed by atoms with Crippen molar-refractivity contribution < 1.29 is 20.1 Å². The number of carbonyl (C=O) groups is 1. The van der Waals surface area contributed by atoms with Gasteiger partial charge in [0.15, 0.2) is 0 Å². The minimum Gasteiger partial charge on any atom is -0.395 e. The molecule has 0 fully saturated rings. The Morgan fingerprint density at radius 3 is 2.50 bits per heavy atom. The lowest BCUT2D eigenvalue weighted by Gasteiger charge is -2.23. The summed E-state index contributed by atoms with van der Waals surface area (Å²) in [4.78, 5) is 12.6. The van der Waals surface area contributed by atoms with Crippen molar-refractivity contribution >= 4 is 6.03 Å². The highest BCUT2D eigenvalue weighted by atomic mass is 16.3. The zero-order valence-electron chi connectivity index (χ0n) is 8.31. The van der Waals surface area contributed by atoms with E-state index in [1.54, 1.807) is 6.92 Å². The molecule has 0 aliphatic carbocycles. The molecule has 0 aromatic carbocycles. The quantitative estimate of drug-likeness (QED) is 0.419. The molecule has 0 radical (unpaired) electrons. The summed E-state index contributed by atoms with van der Waals surface area (Å²) in [5.41, 5.74) is 0. The predicted octanol–water partition coefficient (Wildman–Crippen LogP) is -1.64. The molecule has 0 aromatic rings. The highest BCUT2D eigenvalue weighted by Crippen LogP contribution is 1.92. The van der Waals surface area contributed by atoms with Gasteiger partial charge in [-0.1, -0.05) is 0 Å². The summed E-state index contributed by atoms with van der Waals surface area (Å²) >= 11 is 0. The molecule has 0 saturated carbocycles.